The third-order valence-electron chi connectivity index (χ3n) is 3.22. The van der Waals surface area contributed by atoms with Gasteiger partial charge in [0.1, 0.15) is 5.82 Å². The predicted octanol–water partition coefficient (Wildman–Crippen LogP) is 1.80. The van der Waals surface area contributed by atoms with Crippen molar-refractivity contribution in [3.8, 4) is 11.8 Å². The minimum Gasteiger partial charge on any atom is -0.320 e. The summed E-state index contributed by atoms with van der Waals surface area (Å²) in [6, 6.07) is 3.49. The van der Waals surface area contributed by atoms with E-state index in [0.29, 0.717) is 6.54 Å². The molecule has 1 atom stereocenters. The molecule has 1 rings (SSSR count). The molecule has 1 aromatic rings. The smallest absolute Gasteiger partial charge is 0.244 e. The molecular weight excluding hydrogens is 291 g/mol. The third-order valence-corrected chi connectivity index (χ3v) is 5.10. The van der Waals surface area contributed by atoms with E-state index in [-0.39, 0.29) is 22.9 Å². The number of rotatable bonds is 5. The molecule has 2 N–H and O–H groups in total. The van der Waals surface area contributed by atoms with Crippen molar-refractivity contribution in [3.63, 3.8) is 0 Å². The summed E-state index contributed by atoms with van der Waals surface area (Å²) < 4.78 is 39.8. The topological polar surface area (TPSA) is 63.4 Å². The number of benzene rings is 1. The van der Waals surface area contributed by atoms with Gasteiger partial charge in [0.25, 0.3) is 0 Å². The Bertz CT molecular complexity index is 647. The first kappa shape index (κ1) is 17.6. The number of sulfonamides is 1. The van der Waals surface area contributed by atoms with Crippen LogP contribution in [-0.2, 0) is 10.0 Å². The monoisotopic (exact) mass is 312 g/mol. The summed E-state index contributed by atoms with van der Waals surface area (Å²) in [5.41, 5.74) is 5.43. The standard InChI is InChI=1S/C15H21FN2O2S/c1-4-12(2)11-18(3)21(19,20)15-8-7-14(16)10-13(15)6-5-9-17/h7-8,10,12H,4,9,11,17H2,1-3H3. The zero-order valence-corrected chi connectivity index (χ0v) is 13.4. The first-order chi connectivity index (χ1) is 9.82. The molecule has 0 radical (unpaired) electrons. The molecule has 0 aliphatic carbocycles. The maximum absolute atomic E-state index is 13.3. The van der Waals surface area contributed by atoms with E-state index in [4.69, 9.17) is 5.73 Å². The van der Waals surface area contributed by atoms with Gasteiger partial charge in [0.2, 0.25) is 10.0 Å². The predicted molar refractivity (Wildman–Crippen MR) is 81.6 cm³/mol. The molecule has 0 fully saturated rings. The van der Waals surface area contributed by atoms with E-state index < -0.39 is 15.8 Å². The number of halogens is 1. The Morgan fingerprint density at radius 1 is 1.43 bits per heavy atom. The molecule has 0 amide bonds. The minimum atomic E-state index is -3.70. The van der Waals surface area contributed by atoms with Gasteiger partial charge in [-0.15, -0.1) is 0 Å². The average Bonchev–Trinajstić information content (AvgIpc) is 2.44. The largest absolute Gasteiger partial charge is 0.320 e. The van der Waals surface area contributed by atoms with E-state index in [9.17, 15) is 12.8 Å². The Balaban J connectivity index is 3.24. The van der Waals surface area contributed by atoms with Crippen molar-refractivity contribution >= 4 is 10.0 Å². The summed E-state index contributed by atoms with van der Waals surface area (Å²) in [6.07, 6.45) is 0.878. The summed E-state index contributed by atoms with van der Waals surface area (Å²) >= 11 is 0. The highest BCUT2D eigenvalue weighted by Crippen LogP contribution is 2.21. The third kappa shape index (κ3) is 4.53. The lowest BCUT2D eigenvalue weighted by Crippen LogP contribution is -2.31. The van der Waals surface area contributed by atoms with Crippen LogP contribution in [0.25, 0.3) is 0 Å². The SMILES string of the molecule is CCC(C)CN(C)S(=O)(=O)c1ccc(F)cc1C#CCN. The molecular formula is C15H21FN2O2S. The van der Waals surface area contributed by atoms with Gasteiger partial charge in [-0.1, -0.05) is 32.1 Å². The zero-order chi connectivity index (χ0) is 16.0. The van der Waals surface area contributed by atoms with Gasteiger partial charge in [-0.25, -0.2) is 17.1 Å². The molecule has 0 aliphatic heterocycles. The van der Waals surface area contributed by atoms with Crippen LogP contribution in [0.1, 0.15) is 25.8 Å². The van der Waals surface area contributed by atoms with E-state index in [0.717, 1.165) is 18.6 Å². The second kappa shape index (κ2) is 7.55. The summed E-state index contributed by atoms with van der Waals surface area (Å²) in [6.45, 7) is 4.46. The van der Waals surface area contributed by atoms with E-state index in [1.807, 2.05) is 13.8 Å². The fourth-order valence-corrected chi connectivity index (χ4v) is 3.22. The van der Waals surface area contributed by atoms with Crippen LogP contribution in [0.3, 0.4) is 0 Å². The quantitative estimate of drug-likeness (QED) is 0.843. The molecule has 0 saturated carbocycles. The molecule has 1 aromatic carbocycles. The first-order valence-electron chi connectivity index (χ1n) is 6.77. The molecule has 0 aliphatic rings. The number of nitrogens with two attached hydrogens (primary N) is 1. The van der Waals surface area contributed by atoms with Crippen LogP contribution in [0, 0.1) is 23.6 Å². The average molecular weight is 312 g/mol. The Morgan fingerprint density at radius 3 is 2.67 bits per heavy atom. The molecule has 0 saturated heterocycles. The van der Waals surface area contributed by atoms with Crippen LogP contribution in [0.4, 0.5) is 4.39 Å². The van der Waals surface area contributed by atoms with Crippen LogP contribution < -0.4 is 5.73 Å². The fourth-order valence-electron chi connectivity index (χ4n) is 1.81. The molecule has 4 nitrogen and oxygen atoms in total. The number of hydrogen-bond donors (Lipinski definition) is 1. The minimum absolute atomic E-state index is 0.00986. The van der Waals surface area contributed by atoms with E-state index in [1.54, 1.807) is 0 Å². The normalized spacial score (nSPS) is 12.9. The van der Waals surface area contributed by atoms with Crippen LogP contribution in [0.5, 0.6) is 0 Å². The fraction of sp³-hybridized carbons (Fsp3) is 0.467. The van der Waals surface area contributed by atoms with E-state index in [2.05, 4.69) is 11.8 Å². The Kier molecular flexibility index (Phi) is 6.34. The van der Waals surface area contributed by atoms with Gasteiger partial charge in [0, 0.05) is 19.2 Å². The molecule has 116 valence electrons. The molecule has 0 spiro atoms. The Hall–Kier alpha value is -1.42. The van der Waals surface area contributed by atoms with Crippen molar-refractivity contribution < 1.29 is 12.8 Å². The molecule has 1 unspecified atom stereocenters. The summed E-state index contributed by atoms with van der Waals surface area (Å²) in [5.74, 6) is 4.90. The molecule has 0 aromatic heterocycles. The van der Waals surface area contributed by atoms with Gasteiger partial charge in [-0.2, -0.15) is 0 Å². The summed E-state index contributed by atoms with van der Waals surface area (Å²) in [5, 5.41) is 0. The van der Waals surface area contributed by atoms with E-state index >= 15 is 0 Å². The van der Waals surface area contributed by atoms with E-state index in [1.165, 1.54) is 17.4 Å². The zero-order valence-electron chi connectivity index (χ0n) is 12.6. The van der Waals surface area contributed by atoms with Gasteiger partial charge < -0.3 is 5.73 Å². The van der Waals surface area contributed by atoms with Gasteiger partial charge in [-0.05, 0) is 24.1 Å². The molecule has 21 heavy (non-hydrogen) atoms. The Labute approximate surface area is 126 Å². The molecule has 0 heterocycles. The van der Waals surface area contributed by atoms with Crippen LogP contribution in [0.2, 0.25) is 0 Å². The number of hydrogen-bond acceptors (Lipinski definition) is 3. The van der Waals surface area contributed by atoms with Crippen molar-refractivity contribution in [2.75, 3.05) is 20.1 Å². The second-order valence-corrected chi connectivity index (χ2v) is 6.96. The van der Waals surface area contributed by atoms with Gasteiger partial charge in [-0.3, -0.25) is 0 Å². The van der Waals surface area contributed by atoms with Crippen LogP contribution >= 0.6 is 0 Å². The molecule has 6 heteroatoms. The lowest BCUT2D eigenvalue weighted by atomic mass is 10.1. The lowest BCUT2D eigenvalue weighted by molar-refractivity contribution is 0.393. The highest BCUT2D eigenvalue weighted by atomic mass is 32.2. The van der Waals surface area contributed by atoms with Gasteiger partial charge >= 0.3 is 0 Å². The maximum atomic E-state index is 13.3. The van der Waals surface area contributed by atoms with Crippen molar-refractivity contribution in [2.45, 2.75) is 25.2 Å². The summed E-state index contributed by atoms with van der Waals surface area (Å²) in [4.78, 5) is 0.00986. The van der Waals surface area contributed by atoms with Gasteiger partial charge in [0.05, 0.1) is 11.4 Å². The lowest BCUT2D eigenvalue weighted by Gasteiger charge is -2.21. The van der Waals surface area contributed by atoms with Crippen molar-refractivity contribution in [3.05, 3.63) is 29.6 Å². The summed E-state index contributed by atoms with van der Waals surface area (Å²) in [7, 11) is -2.18. The van der Waals surface area contributed by atoms with Crippen LogP contribution in [0.15, 0.2) is 23.1 Å². The highest BCUT2D eigenvalue weighted by Gasteiger charge is 2.24. The molecule has 0 bridgehead atoms. The van der Waals surface area contributed by atoms with Crippen molar-refractivity contribution in [2.24, 2.45) is 11.7 Å². The number of nitrogens with zero attached hydrogens (tertiary/aromatic N) is 1. The maximum Gasteiger partial charge on any atom is 0.244 e. The highest BCUT2D eigenvalue weighted by molar-refractivity contribution is 7.89. The Morgan fingerprint density at radius 2 is 2.10 bits per heavy atom. The van der Waals surface area contributed by atoms with Crippen LogP contribution in [-0.4, -0.2) is 32.9 Å². The second-order valence-electron chi connectivity index (χ2n) is 4.95. The van der Waals surface area contributed by atoms with Crippen molar-refractivity contribution in [1.82, 2.24) is 4.31 Å². The first-order valence-corrected chi connectivity index (χ1v) is 8.21. The van der Waals surface area contributed by atoms with Gasteiger partial charge in [0.15, 0.2) is 0 Å². The van der Waals surface area contributed by atoms with Crippen molar-refractivity contribution in [1.29, 1.82) is 0 Å².